The van der Waals surface area contributed by atoms with Gasteiger partial charge in [0.05, 0.1) is 17.9 Å². The first-order valence-electron chi connectivity index (χ1n) is 14.9. The SMILES string of the molecule is CCOC(=O)C1(c2ccccc2)CCN(CCCNC(=O)C2=C(C)N=C(C)C(C(N)=O)C2c2ccc3c(c2)OCO3)CC1. The second-order valence-corrected chi connectivity index (χ2v) is 11.3. The van der Waals surface area contributed by atoms with E-state index in [0.29, 0.717) is 54.5 Å². The average Bonchev–Trinajstić information content (AvgIpc) is 3.47. The number of fused-ring (bicyclic) bond motifs is 1. The first-order valence-corrected chi connectivity index (χ1v) is 14.9. The molecule has 2 aromatic carbocycles. The smallest absolute Gasteiger partial charge is 0.316 e. The highest BCUT2D eigenvalue weighted by atomic mass is 16.7. The van der Waals surface area contributed by atoms with E-state index in [-0.39, 0.29) is 18.7 Å². The molecule has 3 aliphatic rings. The molecule has 228 valence electrons. The van der Waals surface area contributed by atoms with E-state index in [1.807, 2.05) is 49.4 Å². The molecule has 10 nitrogen and oxygen atoms in total. The van der Waals surface area contributed by atoms with Gasteiger partial charge in [-0.2, -0.15) is 0 Å². The quantitative estimate of drug-likeness (QED) is 0.321. The molecule has 3 aliphatic heterocycles. The summed E-state index contributed by atoms with van der Waals surface area (Å²) < 4.78 is 16.5. The van der Waals surface area contributed by atoms with Crippen LogP contribution in [0.1, 0.15) is 57.1 Å². The molecular weight excluding hydrogens is 548 g/mol. The highest BCUT2D eigenvalue weighted by Crippen LogP contribution is 2.43. The van der Waals surface area contributed by atoms with Crippen molar-refractivity contribution in [1.82, 2.24) is 10.2 Å². The number of hydrogen-bond acceptors (Lipinski definition) is 8. The van der Waals surface area contributed by atoms with Gasteiger partial charge in [-0.1, -0.05) is 36.4 Å². The van der Waals surface area contributed by atoms with Gasteiger partial charge in [0.2, 0.25) is 18.6 Å². The third-order valence-electron chi connectivity index (χ3n) is 8.77. The molecule has 3 heterocycles. The van der Waals surface area contributed by atoms with Crippen molar-refractivity contribution >= 4 is 23.5 Å². The summed E-state index contributed by atoms with van der Waals surface area (Å²) in [4.78, 5) is 46.1. The van der Waals surface area contributed by atoms with Gasteiger partial charge in [0.1, 0.15) is 0 Å². The van der Waals surface area contributed by atoms with Gasteiger partial charge in [-0.25, -0.2) is 0 Å². The number of nitrogens with one attached hydrogen (secondary N) is 1. The standard InChI is InChI=1S/C33H40N4O6/c1-4-41-32(40)33(24-9-6-5-7-10-24)13-17-37(18-14-33)16-8-15-35-31(39)28-22(3)36-21(2)27(30(34)38)29(28)23-11-12-25-26(19-23)43-20-42-25/h5-7,9-12,19,27,29H,4,8,13-18,20H2,1-3H3,(H2,34,38)(H,35,39). The number of nitrogens with two attached hydrogens (primary N) is 1. The predicted molar refractivity (Wildman–Crippen MR) is 162 cm³/mol. The van der Waals surface area contributed by atoms with Crippen LogP contribution in [0.5, 0.6) is 11.5 Å². The zero-order valence-corrected chi connectivity index (χ0v) is 25.1. The molecule has 2 amide bonds. The first-order chi connectivity index (χ1) is 20.7. The van der Waals surface area contributed by atoms with Gasteiger partial charge in [0.25, 0.3) is 0 Å². The van der Waals surface area contributed by atoms with Crippen molar-refractivity contribution in [3.05, 3.63) is 70.9 Å². The maximum absolute atomic E-state index is 13.6. The molecule has 0 aliphatic carbocycles. The number of likely N-dealkylation sites (tertiary alicyclic amines) is 1. The van der Waals surface area contributed by atoms with Crippen LogP contribution in [-0.4, -0.2) is 68.0 Å². The molecule has 0 bridgehead atoms. The highest BCUT2D eigenvalue weighted by Gasteiger charge is 2.44. The monoisotopic (exact) mass is 588 g/mol. The first kappa shape index (κ1) is 30.3. The Morgan fingerprint density at radius 1 is 1.07 bits per heavy atom. The number of nitrogens with zero attached hydrogens (tertiary/aromatic N) is 2. The van der Waals surface area contributed by atoms with Gasteiger partial charge >= 0.3 is 5.97 Å². The predicted octanol–water partition coefficient (Wildman–Crippen LogP) is 3.45. The molecule has 10 heteroatoms. The topological polar surface area (TPSA) is 133 Å². The van der Waals surface area contributed by atoms with Crippen LogP contribution in [0.4, 0.5) is 0 Å². The van der Waals surface area contributed by atoms with Crippen molar-refractivity contribution in [2.45, 2.75) is 51.4 Å². The van der Waals surface area contributed by atoms with Gasteiger partial charge in [-0.05, 0) is 82.9 Å². The second-order valence-electron chi connectivity index (χ2n) is 11.3. The van der Waals surface area contributed by atoms with E-state index in [0.717, 1.165) is 37.2 Å². The van der Waals surface area contributed by atoms with E-state index in [1.165, 1.54) is 0 Å². The second kappa shape index (κ2) is 13.0. The van der Waals surface area contributed by atoms with Crippen LogP contribution in [0.3, 0.4) is 0 Å². The molecule has 2 atom stereocenters. The van der Waals surface area contributed by atoms with E-state index < -0.39 is 23.2 Å². The Morgan fingerprint density at radius 3 is 2.49 bits per heavy atom. The lowest BCUT2D eigenvalue weighted by atomic mass is 9.72. The van der Waals surface area contributed by atoms with Gasteiger partial charge in [0.15, 0.2) is 11.5 Å². The van der Waals surface area contributed by atoms with Crippen molar-refractivity contribution in [2.75, 3.05) is 39.6 Å². The van der Waals surface area contributed by atoms with Crippen molar-refractivity contribution in [3.63, 3.8) is 0 Å². The number of carbonyl (C=O) groups excluding carboxylic acids is 3. The minimum atomic E-state index is -0.762. The summed E-state index contributed by atoms with van der Waals surface area (Å²) in [6, 6.07) is 15.3. The third-order valence-corrected chi connectivity index (χ3v) is 8.77. The minimum Gasteiger partial charge on any atom is -0.465 e. The highest BCUT2D eigenvalue weighted by molar-refractivity contribution is 6.08. The van der Waals surface area contributed by atoms with E-state index >= 15 is 0 Å². The van der Waals surface area contributed by atoms with E-state index in [4.69, 9.17) is 19.9 Å². The van der Waals surface area contributed by atoms with Gasteiger partial charge in [-0.15, -0.1) is 0 Å². The molecule has 3 N–H and O–H groups in total. The zero-order valence-electron chi connectivity index (χ0n) is 25.1. The molecule has 0 radical (unpaired) electrons. The Morgan fingerprint density at radius 2 is 1.79 bits per heavy atom. The van der Waals surface area contributed by atoms with Crippen molar-refractivity contribution < 1.29 is 28.6 Å². The minimum absolute atomic E-state index is 0.123. The summed E-state index contributed by atoms with van der Waals surface area (Å²) in [6.45, 7) is 8.60. The van der Waals surface area contributed by atoms with Crippen LogP contribution in [0.15, 0.2) is 64.8 Å². The summed E-state index contributed by atoms with van der Waals surface area (Å²) >= 11 is 0. The lowest BCUT2D eigenvalue weighted by Crippen LogP contribution is -2.48. The molecule has 2 unspecified atom stereocenters. The summed E-state index contributed by atoms with van der Waals surface area (Å²) in [5.41, 5.74) is 8.50. The zero-order chi connectivity index (χ0) is 30.6. The Hall–Kier alpha value is -4.18. The molecule has 0 spiro atoms. The maximum atomic E-state index is 13.6. The number of ether oxygens (including phenoxy) is 3. The number of carbonyl (C=O) groups is 3. The number of esters is 1. The molecule has 1 fully saturated rings. The fourth-order valence-electron chi connectivity index (χ4n) is 6.56. The number of hydrogen-bond donors (Lipinski definition) is 2. The number of aliphatic imine (C=N–C) groups is 1. The molecule has 2 aromatic rings. The summed E-state index contributed by atoms with van der Waals surface area (Å²) in [7, 11) is 0. The lowest BCUT2D eigenvalue weighted by molar-refractivity contribution is -0.152. The van der Waals surface area contributed by atoms with Gasteiger partial charge in [-0.3, -0.25) is 19.4 Å². The van der Waals surface area contributed by atoms with E-state index in [2.05, 4.69) is 15.2 Å². The van der Waals surface area contributed by atoms with Crippen LogP contribution >= 0.6 is 0 Å². The van der Waals surface area contributed by atoms with Crippen LogP contribution in [-0.2, 0) is 24.5 Å². The number of primary amides is 1. The Kier molecular flexibility index (Phi) is 9.15. The largest absolute Gasteiger partial charge is 0.465 e. The van der Waals surface area contributed by atoms with Crippen molar-refractivity contribution in [1.29, 1.82) is 0 Å². The van der Waals surface area contributed by atoms with E-state index in [1.54, 1.807) is 19.9 Å². The third kappa shape index (κ3) is 6.15. The Balaban J connectivity index is 1.22. The lowest BCUT2D eigenvalue weighted by Gasteiger charge is -2.40. The fourth-order valence-corrected chi connectivity index (χ4v) is 6.56. The number of benzene rings is 2. The number of allylic oxidation sites excluding steroid dienone is 1. The van der Waals surface area contributed by atoms with Crippen LogP contribution in [0.25, 0.3) is 0 Å². The molecule has 0 saturated carbocycles. The van der Waals surface area contributed by atoms with Crippen LogP contribution < -0.4 is 20.5 Å². The number of piperidine rings is 1. The maximum Gasteiger partial charge on any atom is 0.316 e. The molecule has 0 aromatic heterocycles. The molecular formula is C33H40N4O6. The van der Waals surface area contributed by atoms with E-state index in [9.17, 15) is 14.4 Å². The average molecular weight is 589 g/mol. The summed E-state index contributed by atoms with van der Waals surface area (Å²) in [5, 5.41) is 3.05. The Labute approximate surface area is 252 Å². The van der Waals surface area contributed by atoms with Crippen LogP contribution in [0, 0.1) is 5.92 Å². The number of rotatable bonds is 10. The van der Waals surface area contributed by atoms with Crippen molar-refractivity contribution in [2.24, 2.45) is 16.6 Å². The fraction of sp³-hybridized carbons (Fsp3) is 0.455. The summed E-state index contributed by atoms with van der Waals surface area (Å²) in [6.07, 6.45) is 2.08. The number of amides is 2. The van der Waals surface area contributed by atoms with Gasteiger partial charge < -0.3 is 30.2 Å². The summed E-state index contributed by atoms with van der Waals surface area (Å²) in [5.74, 6) is -1.14. The molecule has 43 heavy (non-hydrogen) atoms. The molecule has 1 saturated heterocycles. The van der Waals surface area contributed by atoms with Crippen LogP contribution in [0.2, 0.25) is 0 Å². The Bertz CT molecular complexity index is 1430. The normalized spacial score (nSPS) is 21.2. The molecule has 5 rings (SSSR count). The van der Waals surface area contributed by atoms with Gasteiger partial charge in [0, 0.05) is 29.4 Å². The van der Waals surface area contributed by atoms with Crippen molar-refractivity contribution in [3.8, 4) is 11.5 Å².